The number of hydrogen-bond donors (Lipinski definition) is 1. The summed E-state index contributed by atoms with van der Waals surface area (Å²) in [6.45, 7) is 5.26. The molecule has 1 aliphatic carbocycles. The molecule has 0 amide bonds. The van der Waals surface area contributed by atoms with E-state index in [2.05, 4.69) is 36.5 Å². The standard InChI is InChI=1S/C18H27NO/c1-14-3-2-4-16(11-14)17(13-19-18-5-6-18)12-15-7-9-20-10-8-15/h2-4,11,15,17-19H,5-10,12-13H2,1H3. The van der Waals surface area contributed by atoms with E-state index in [-0.39, 0.29) is 0 Å². The van der Waals surface area contributed by atoms with Gasteiger partial charge in [-0.3, -0.25) is 0 Å². The highest BCUT2D eigenvalue weighted by molar-refractivity contribution is 5.26. The van der Waals surface area contributed by atoms with Gasteiger partial charge < -0.3 is 10.1 Å². The van der Waals surface area contributed by atoms with Crippen LogP contribution in [0.2, 0.25) is 0 Å². The zero-order chi connectivity index (χ0) is 13.8. The molecule has 1 aromatic rings. The Kier molecular flexibility index (Phi) is 4.74. The summed E-state index contributed by atoms with van der Waals surface area (Å²) in [6.07, 6.45) is 6.54. The smallest absolute Gasteiger partial charge is 0.0468 e. The molecule has 1 aromatic carbocycles. The van der Waals surface area contributed by atoms with Crippen molar-refractivity contribution in [2.45, 2.75) is 51.0 Å². The van der Waals surface area contributed by atoms with Crippen molar-refractivity contribution in [2.24, 2.45) is 5.92 Å². The highest BCUT2D eigenvalue weighted by atomic mass is 16.5. The van der Waals surface area contributed by atoms with Gasteiger partial charge in [0.1, 0.15) is 0 Å². The maximum atomic E-state index is 5.50. The van der Waals surface area contributed by atoms with Gasteiger partial charge in [0.05, 0.1) is 0 Å². The van der Waals surface area contributed by atoms with Crippen molar-refractivity contribution in [3.05, 3.63) is 35.4 Å². The molecule has 1 unspecified atom stereocenters. The van der Waals surface area contributed by atoms with Crippen LogP contribution in [0.1, 0.15) is 49.1 Å². The molecular weight excluding hydrogens is 246 g/mol. The maximum Gasteiger partial charge on any atom is 0.0468 e. The molecule has 0 aromatic heterocycles. The Hall–Kier alpha value is -0.860. The van der Waals surface area contributed by atoms with Gasteiger partial charge in [0.2, 0.25) is 0 Å². The summed E-state index contributed by atoms with van der Waals surface area (Å²) in [5.41, 5.74) is 2.90. The van der Waals surface area contributed by atoms with E-state index in [9.17, 15) is 0 Å². The van der Waals surface area contributed by atoms with Gasteiger partial charge in [0.25, 0.3) is 0 Å². The molecule has 0 radical (unpaired) electrons. The van der Waals surface area contributed by atoms with Crippen LogP contribution in [0, 0.1) is 12.8 Å². The number of ether oxygens (including phenoxy) is 1. The van der Waals surface area contributed by atoms with Crippen molar-refractivity contribution in [3.8, 4) is 0 Å². The van der Waals surface area contributed by atoms with Crippen LogP contribution in [0.3, 0.4) is 0 Å². The third-order valence-electron chi connectivity index (χ3n) is 4.70. The molecule has 2 fully saturated rings. The van der Waals surface area contributed by atoms with E-state index in [1.54, 1.807) is 0 Å². The second-order valence-electron chi connectivity index (χ2n) is 6.59. The van der Waals surface area contributed by atoms with Gasteiger partial charge in [0, 0.05) is 25.8 Å². The van der Waals surface area contributed by atoms with Crippen LogP contribution >= 0.6 is 0 Å². The van der Waals surface area contributed by atoms with Crippen molar-refractivity contribution < 1.29 is 4.74 Å². The van der Waals surface area contributed by atoms with Crippen LogP contribution in [-0.2, 0) is 4.74 Å². The molecule has 20 heavy (non-hydrogen) atoms. The van der Waals surface area contributed by atoms with Crippen molar-refractivity contribution in [1.82, 2.24) is 5.32 Å². The molecule has 2 heteroatoms. The monoisotopic (exact) mass is 273 g/mol. The summed E-state index contributed by atoms with van der Waals surface area (Å²) in [4.78, 5) is 0. The third kappa shape index (κ3) is 4.07. The molecule has 0 bridgehead atoms. The van der Waals surface area contributed by atoms with Gasteiger partial charge >= 0.3 is 0 Å². The van der Waals surface area contributed by atoms with Gasteiger partial charge in [-0.25, -0.2) is 0 Å². The van der Waals surface area contributed by atoms with Crippen LogP contribution in [-0.4, -0.2) is 25.8 Å². The highest BCUT2D eigenvalue weighted by Gasteiger charge is 2.25. The summed E-state index contributed by atoms with van der Waals surface area (Å²) >= 11 is 0. The van der Waals surface area contributed by atoms with E-state index < -0.39 is 0 Å². The summed E-state index contributed by atoms with van der Waals surface area (Å²) in [7, 11) is 0. The molecule has 1 atom stereocenters. The fourth-order valence-electron chi connectivity index (χ4n) is 3.24. The van der Waals surface area contributed by atoms with Crippen LogP contribution in [0.5, 0.6) is 0 Å². The van der Waals surface area contributed by atoms with E-state index in [4.69, 9.17) is 4.74 Å². The second kappa shape index (κ2) is 6.73. The molecule has 1 saturated carbocycles. The minimum atomic E-state index is 0.665. The van der Waals surface area contributed by atoms with Crippen LogP contribution in [0.4, 0.5) is 0 Å². The van der Waals surface area contributed by atoms with Crippen LogP contribution in [0.15, 0.2) is 24.3 Å². The van der Waals surface area contributed by atoms with Crippen molar-refractivity contribution in [1.29, 1.82) is 0 Å². The Balaban J connectivity index is 1.64. The second-order valence-corrected chi connectivity index (χ2v) is 6.59. The average molecular weight is 273 g/mol. The van der Waals surface area contributed by atoms with Crippen molar-refractivity contribution in [3.63, 3.8) is 0 Å². The van der Waals surface area contributed by atoms with Gasteiger partial charge in [-0.05, 0) is 56.4 Å². The maximum absolute atomic E-state index is 5.50. The molecule has 3 rings (SSSR count). The number of nitrogens with one attached hydrogen (secondary N) is 1. The quantitative estimate of drug-likeness (QED) is 0.854. The molecule has 2 aliphatic rings. The molecule has 0 spiro atoms. The van der Waals surface area contributed by atoms with E-state index in [1.807, 2.05) is 0 Å². The number of aryl methyl sites for hydroxylation is 1. The summed E-state index contributed by atoms with van der Waals surface area (Å²) < 4.78 is 5.50. The zero-order valence-electron chi connectivity index (χ0n) is 12.6. The fraction of sp³-hybridized carbons (Fsp3) is 0.667. The predicted octanol–water partition coefficient (Wildman–Crippen LogP) is 3.65. The Morgan fingerprint density at radius 2 is 2.00 bits per heavy atom. The Labute approximate surface area is 122 Å². The van der Waals surface area contributed by atoms with E-state index in [1.165, 1.54) is 43.2 Å². The molecule has 1 saturated heterocycles. The zero-order valence-corrected chi connectivity index (χ0v) is 12.6. The molecular formula is C18H27NO. The fourth-order valence-corrected chi connectivity index (χ4v) is 3.24. The first-order valence-electron chi connectivity index (χ1n) is 8.19. The van der Waals surface area contributed by atoms with Crippen LogP contribution < -0.4 is 5.32 Å². The largest absolute Gasteiger partial charge is 0.381 e. The average Bonchev–Trinajstić information content (AvgIpc) is 3.29. The van der Waals surface area contributed by atoms with Gasteiger partial charge in [-0.1, -0.05) is 29.8 Å². The minimum absolute atomic E-state index is 0.665. The molecule has 1 heterocycles. The number of hydrogen-bond acceptors (Lipinski definition) is 2. The summed E-state index contributed by atoms with van der Waals surface area (Å²) in [6, 6.07) is 9.89. The summed E-state index contributed by atoms with van der Waals surface area (Å²) in [5.74, 6) is 1.51. The van der Waals surface area contributed by atoms with E-state index in [0.29, 0.717) is 5.92 Å². The van der Waals surface area contributed by atoms with Gasteiger partial charge in [-0.2, -0.15) is 0 Å². The lowest BCUT2D eigenvalue weighted by Gasteiger charge is -2.27. The lowest BCUT2D eigenvalue weighted by atomic mass is 9.84. The van der Waals surface area contributed by atoms with Gasteiger partial charge in [-0.15, -0.1) is 0 Å². The van der Waals surface area contributed by atoms with Crippen molar-refractivity contribution in [2.75, 3.05) is 19.8 Å². The Bertz CT molecular complexity index is 421. The number of rotatable bonds is 6. The minimum Gasteiger partial charge on any atom is -0.381 e. The summed E-state index contributed by atoms with van der Waals surface area (Å²) in [5, 5.41) is 3.73. The SMILES string of the molecule is Cc1cccc(C(CNC2CC2)CC2CCOCC2)c1. The number of benzene rings is 1. The lowest BCUT2D eigenvalue weighted by Crippen LogP contribution is -2.26. The van der Waals surface area contributed by atoms with Crippen molar-refractivity contribution >= 4 is 0 Å². The Morgan fingerprint density at radius 3 is 2.70 bits per heavy atom. The Morgan fingerprint density at radius 1 is 1.20 bits per heavy atom. The normalized spacial score (nSPS) is 21.9. The van der Waals surface area contributed by atoms with Crippen LogP contribution in [0.25, 0.3) is 0 Å². The first-order valence-corrected chi connectivity index (χ1v) is 8.19. The third-order valence-corrected chi connectivity index (χ3v) is 4.70. The first kappa shape index (κ1) is 14.1. The van der Waals surface area contributed by atoms with Gasteiger partial charge in [0.15, 0.2) is 0 Å². The molecule has 1 aliphatic heterocycles. The van der Waals surface area contributed by atoms with E-state index in [0.717, 1.165) is 31.7 Å². The predicted molar refractivity (Wildman–Crippen MR) is 83.1 cm³/mol. The highest BCUT2D eigenvalue weighted by Crippen LogP contribution is 2.30. The molecule has 2 nitrogen and oxygen atoms in total. The molecule has 110 valence electrons. The lowest BCUT2D eigenvalue weighted by molar-refractivity contribution is 0.0616. The first-order chi connectivity index (χ1) is 9.81. The van der Waals surface area contributed by atoms with E-state index >= 15 is 0 Å². The molecule has 1 N–H and O–H groups in total. The topological polar surface area (TPSA) is 21.3 Å².